The van der Waals surface area contributed by atoms with Crippen LogP contribution in [-0.2, 0) is 9.59 Å². The third-order valence-corrected chi connectivity index (χ3v) is 6.86. The van der Waals surface area contributed by atoms with Crippen LogP contribution in [0.2, 0.25) is 0 Å². The molecule has 2 N–H and O–H groups in total. The van der Waals surface area contributed by atoms with E-state index in [0.29, 0.717) is 19.5 Å². The minimum atomic E-state index is -0.0874. The van der Waals surface area contributed by atoms with E-state index >= 15 is 0 Å². The summed E-state index contributed by atoms with van der Waals surface area (Å²) in [7, 11) is 0. The fourth-order valence-electron chi connectivity index (χ4n) is 5.46. The maximum Gasteiger partial charge on any atom is 0.233 e. The minimum Gasteiger partial charge on any atom is -0.357 e. The normalized spacial score (nSPS) is 31.2. The summed E-state index contributed by atoms with van der Waals surface area (Å²) in [6.45, 7) is 8.50. The predicted octanol–water partition coefficient (Wildman–Crippen LogP) is 1.22. The lowest BCUT2D eigenvalue weighted by atomic mass is 9.85. The molecule has 1 saturated carbocycles. The number of hydrogen-bond acceptors (Lipinski definition) is 4. The van der Waals surface area contributed by atoms with Gasteiger partial charge in [0.2, 0.25) is 11.8 Å². The summed E-state index contributed by atoms with van der Waals surface area (Å²) in [4.78, 5) is 34.1. The first-order chi connectivity index (χ1) is 14.2. The van der Waals surface area contributed by atoms with Gasteiger partial charge in [0, 0.05) is 26.2 Å². The van der Waals surface area contributed by atoms with Crippen LogP contribution in [0.15, 0.2) is 17.1 Å². The number of aliphatic imine (C=N–C) groups is 1. The molecule has 3 fully saturated rings. The Kier molecular flexibility index (Phi) is 6.53. The van der Waals surface area contributed by atoms with Gasteiger partial charge in [0.25, 0.3) is 0 Å². The topological polar surface area (TPSA) is 77.0 Å². The van der Waals surface area contributed by atoms with Gasteiger partial charge in [-0.2, -0.15) is 0 Å². The Morgan fingerprint density at radius 1 is 1.03 bits per heavy atom. The summed E-state index contributed by atoms with van der Waals surface area (Å²) in [5, 5.41) is 6.68. The van der Waals surface area contributed by atoms with Crippen LogP contribution in [0.4, 0.5) is 0 Å². The Morgan fingerprint density at radius 2 is 1.72 bits per heavy atom. The van der Waals surface area contributed by atoms with Gasteiger partial charge < -0.3 is 15.5 Å². The van der Waals surface area contributed by atoms with Gasteiger partial charge >= 0.3 is 0 Å². The number of likely N-dealkylation sites (tertiary alicyclic amines) is 2. The summed E-state index contributed by atoms with van der Waals surface area (Å²) < 4.78 is 0. The number of hydrogen-bond donors (Lipinski definition) is 2. The fourth-order valence-corrected chi connectivity index (χ4v) is 5.46. The molecular weight excluding hydrogens is 366 g/mol. The van der Waals surface area contributed by atoms with Crippen molar-refractivity contribution in [1.82, 2.24) is 20.4 Å². The van der Waals surface area contributed by atoms with E-state index in [4.69, 9.17) is 0 Å². The lowest BCUT2D eigenvalue weighted by Gasteiger charge is -2.17. The number of carbonyl (C=O) groups excluding carboxylic acids is 2. The van der Waals surface area contributed by atoms with Crippen LogP contribution in [-0.4, -0.2) is 73.4 Å². The third kappa shape index (κ3) is 4.34. The molecule has 0 aromatic rings. The quantitative estimate of drug-likeness (QED) is 0.200. The Bertz CT molecular complexity index is 640. The average molecular weight is 402 g/mol. The minimum absolute atomic E-state index is 0.0489. The monoisotopic (exact) mass is 401 g/mol. The molecule has 4 aliphatic rings. The molecular formula is C22H35N5O2. The van der Waals surface area contributed by atoms with Crippen LogP contribution >= 0.6 is 0 Å². The summed E-state index contributed by atoms with van der Waals surface area (Å²) in [6.07, 6.45) is 9.76. The van der Waals surface area contributed by atoms with Crippen LogP contribution in [0.25, 0.3) is 0 Å². The predicted molar refractivity (Wildman–Crippen MR) is 113 cm³/mol. The highest BCUT2D eigenvalue weighted by Gasteiger charge is 2.58. The maximum atomic E-state index is 12.7. The Hall–Kier alpha value is -1.89. The Labute approximate surface area is 174 Å². The zero-order valence-electron chi connectivity index (χ0n) is 17.6. The van der Waals surface area contributed by atoms with Crippen LogP contribution in [0.3, 0.4) is 0 Å². The molecule has 0 spiro atoms. The molecule has 0 aromatic heterocycles. The fraction of sp³-hybridized carbons (Fsp3) is 0.773. The zero-order valence-corrected chi connectivity index (χ0v) is 17.6. The SMILES string of the molecule is CCNC(=NCCCN1C(=O)C2C3C=CC(C3)C2C1=O)NCCCN1CCCC1. The molecule has 29 heavy (non-hydrogen) atoms. The van der Waals surface area contributed by atoms with E-state index in [1.54, 1.807) is 0 Å². The third-order valence-electron chi connectivity index (χ3n) is 6.86. The highest BCUT2D eigenvalue weighted by atomic mass is 16.2. The molecule has 7 heteroatoms. The van der Waals surface area contributed by atoms with E-state index in [2.05, 4.69) is 39.6 Å². The number of imide groups is 1. The van der Waals surface area contributed by atoms with Crippen molar-refractivity contribution in [1.29, 1.82) is 0 Å². The molecule has 2 saturated heterocycles. The number of guanidine groups is 1. The van der Waals surface area contributed by atoms with Gasteiger partial charge in [-0.1, -0.05) is 12.2 Å². The Morgan fingerprint density at radius 3 is 2.38 bits per heavy atom. The molecule has 2 aliphatic carbocycles. The molecule has 2 aliphatic heterocycles. The second kappa shape index (κ2) is 9.28. The molecule has 4 rings (SSSR count). The number of nitrogens with zero attached hydrogens (tertiary/aromatic N) is 3. The number of fused-ring (bicyclic) bond motifs is 5. The molecule has 160 valence electrons. The van der Waals surface area contributed by atoms with Crippen molar-refractivity contribution in [2.24, 2.45) is 28.7 Å². The van der Waals surface area contributed by atoms with Gasteiger partial charge in [-0.15, -0.1) is 0 Å². The van der Waals surface area contributed by atoms with E-state index in [9.17, 15) is 9.59 Å². The van der Waals surface area contributed by atoms with Crippen molar-refractivity contribution in [2.75, 3.05) is 45.8 Å². The van der Waals surface area contributed by atoms with Gasteiger partial charge in [-0.05, 0) is 70.5 Å². The van der Waals surface area contributed by atoms with E-state index in [0.717, 1.165) is 38.4 Å². The summed E-state index contributed by atoms with van der Waals surface area (Å²) in [5.74, 6) is 1.32. The summed E-state index contributed by atoms with van der Waals surface area (Å²) in [6, 6.07) is 0. The van der Waals surface area contributed by atoms with Crippen molar-refractivity contribution >= 4 is 17.8 Å². The first-order valence-corrected chi connectivity index (χ1v) is 11.5. The van der Waals surface area contributed by atoms with Crippen LogP contribution in [0.5, 0.6) is 0 Å². The summed E-state index contributed by atoms with van der Waals surface area (Å²) in [5.41, 5.74) is 0. The number of nitrogens with one attached hydrogen (secondary N) is 2. The number of allylic oxidation sites excluding steroid dienone is 2. The molecule has 2 amide bonds. The van der Waals surface area contributed by atoms with E-state index in [-0.39, 0.29) is 35.5 Å². The lowest BCUT2D eigenvalue weighted by Crippen LogP contribution is -2.39. The number of rotatable bonds is 9. The number of amides is 2. The van der Waals surface area contributed by atoms with Crippen LogP contribution < -0.4 is 10.6 Å². The van der Waals surface area contributed by atoms with E-state index < -0.39 is 0 Å². The zero-order chi connectivity index (χ0) is 20.2. The molecule has 0 aromatic carbocycles. The van der Waals surface area contributed by atoms with Gasteiger partial charge in [0.05, 0.1) is 11.8 Å². The largest absolute Gasteiger partial charge is 0.357 e. The van der Waals surface area contributed by atoms with Crippen LogP contribution in [0, 0.1) is 23.7 Å². The first kappa shape index (κ1) is 20.4. The van der Waals surface area contributed by atoms with Crippen molar-refractivity contribution < 1.29 is 9.59 Å². The van der Waals surface area contributed by atoms with Gasteiger partial charge in [-0.3, -0.25) is 19.5 Å². The van der Waals surface area contributed by atoms with E-state index in [1.165, 1.54) is 30.8 Å². The lowest BCUT2D eigenvalue weighted by molar-refractivity contribution is -0.140. The maximum absolute atomic E-state index is 12.7. The standard InChI is InChI=1S/C22H35N5O2/c1-2-23-22(24-9-5-13-26-11-3-4-12-26)25-10-6-14-27-20(28)18-16-7-8-17(15-16)19(18)21(27)29/h7-8,16-19H,2-6,9-15H2,1H3,(H2,23,24,25). The van der Waals surface area contributed by atoms with Crippen LogP contribution in [0.1, 0.15) is 39.0 Å². The summed E-state index contributed by atoms with van der Waals surface area (Å²) >= 11 is 0. The molecule has 7 nitrogen and oxygen atoms in total. The average Bonchev–Trinajstić information content (AvgIpc) is 3.49. The van der Waals surface area contributed by atoms with Gasteiger partial charge in [-0.25, -0.2) is 0 Å². The van der Waals surface area contributed by atoms with Gasteiger partial charge in [0.1, 0.15) is 0 Å². The molecule has 2 bridgehead atoms. The van der Waals surface area contributed by atoms with E-state index in [1.807, 2.05) is 0 Å². The molecule has 0 radical (unpaired) electrons. The van der Waals surface area contributed by atoms with Gasteiger partial charge in [0.15, 0.2) is 5.96 Å². The highest BCUT2D eigenvalue weighted by Crippen LogP contribution is 2.52. The van der Waals surface area contributed by atoms with Crippen molar-refractivity contribution in [3.8, 4) is 0 Å². The molecule has 4 atom stereocenters. The van der Waals surface area contributed by atoms with Crippen molar-refractivity contribution in [3.05, 3.63) is 12.2 Å². The number of carbonyl (C=O) groups is 2. The first-order valence-electron chi connectivity index (χ1n) is 11.5. The second-order valence-corrected chi connectivity index (χ2v) is 8.77. The molecule has 4 unspecified atom stereocenters. The van der Waals surface area contributed by atoms with Crippen molar-refractivity contribution in [2.45, 2.75) is 39.0 Å². The Balaban J connectivity index is 1.19. The smallest absolute Gasteiger partial charge is 0.233 e. The highest BCUT2D eigenvalue weighted by molar-refractivity contribution is 6.06. The van der Waals surface area contributed by atoms with Crippen molar-refractivity contribution in [3.63, 3.8) is 0 Å². The second-order valence-electron chi connectivity index (χ2n) is 8.77. The molecule has 2 heterocycles.